The number of hydrogen-bond acceptors (Lipinski definition) is 6. The van der Waals surface area contributed by atoms with E-state index in [1.165, 1.54) is 0 Å². The van der Waals surface area contributed by atoms with Gasteiger partial charge in [-0.25, -0.2) is 4.79 Å². The van der Waals surface area contributed by atoms with Crippen LogP contribution in [0.15, 0.2) is 64.1 Å². The molecule has 0 saturated carbocycles. The van der Waals surface area contributed by atoms with E-state index in [0.717, 1.165) is 5.56 Å². The van der Waals surface area contributed by atoms with Crippen LogP contribution in [0.5, 0.6) is 0 Å². The number of carbonyl (C=O) groups excluding carboxylic acids is 2. The van der Waals surface area contributed by atoms with Gasteiger partial charge in [0.2, 0.25) is 0 Å². The van der Waals surface area contributed by atoms with Crippen LogP contribution in [0.25, 0.3) is 11.0 Å². The summed E-state index contributed by atoms with van der Waals surface area (Å²) in [5, 5.41) is 3.39. The second-order valence-corrected chi connectivity index (χ2v) is 8.87. The largest absolute Gasteiger partial charge is 0.417 e. The molecule has 1 aliphatic rings. The lowest BCUT2D eigenvalue weighted by Crippen LogP contribution is -2.51. The minimum absolute atomic E-state index is 0.104. The third kappa shape index (κ3) is 4.54. The number of hydrogen-bond donors (Lipinski definition) is 2. The van der Waals surface area contributed by atoms with Crippen molar-refractivity contribution in [1.82, 2.24) is 25.2 Å². The first kappa shape index (κ1) is 22.8. The molecule has 9 nitrogen and oxygen atoms in total. The van der Waals surface area contributed by atoms with Gasteiger partial charge in [-0.15, -0.1) is 0 Å². The van der Waals surface area contributed by atoms with Gasteiger partial charge in [0.15, 0.2) is 0 Å². The number of halogens is 1. The third-order valence-corrected chi connectivity index (χ3v) is 6.56. The maximum atomic E-state index is 13.4. The summed E-state index contributed by atoms with van der Waals surface area (Å²) < 4.78 is 4.93. The van der Waals surface area contributed by atoms with Crippen molar-refractivity contribution in [3.05, 3.63) is 93.0 Å². The number of amides is 2. The maximum absolute atomic E-state index is 13.4. The number of H-pyrrole nitrogens is 1. The first-order valence-corrected chi connectivity index (χ1v) is 11.5. The van der Waals surface area contributed by atoms with Crippen molar-refractivity contribution in [1.29, 1.82) is 0 Å². The summed E-state index contributed by atoms with van der Waals surface area (Å²) in [5.74, 6) is -1.19. The zero-order valence-corrected chi connectivity index (χ0v) is 19.6. The number of aromatic nitrogens is 3. The molecule has 1 saturated heterocycles. The molecule has 0 aliphatic carbocycles. The molecule has 2 aromatic heterocycles. The molecule has 10 heteroatoms. The molecule has 2 N–H and O–H groups in total. The highest BCUT2D eigenvalue weighted by Gasteiger charge is 2.34. The van der Waals surface area contributed by atoms with Crippen molar-refractivity contribution < 1.29 is 14.0 Å². The lowest BCUT2D eigenvalue weighted by Gasteiger charge is -2.39. The number of rotatable bonds is 4. The van der Waals surface area contributed by atoms with Gasteiger partial charge in [0.25, 0.3) is 11.8 Å². The van der Waals surface area contributed by atoms with Crippen molar-refractivity contribution in [3.63, 3.8) is 0 Å². The average molecular weight is 492 g/mol. The first-order valence-electron chi connectivity index (χ1n) is 11.2. The van der Waals surface area contributed by atoms with Crippen LogP contribution in [0.3, 0.4) is 0 Å². The average Bonchev–Trinajstić information content (AvgIpc) is 3.22. The minimum Gasteiger partial charge on any atom is -0.413 e. The Hall–Kier alpha value is -3.98. The van der Waals surface area contributed by atoms with Crippen LogP contribution >= 0.6 is 11.6 Å². The number of benzene rings is 2. The summed E-state index contributed by atoms with van der Waals surface area (Å²) in [6.07, 6.45) is 3.64. The Balaban J connectivity index is 1.41. The van der Waals surface area contributed by atoms with Gasteiger partial charge < -0.3 is 14.6 Å². The summed E-state index contributed by atoms with van der Waals surface area (Å²) in [7, 11) is 0. The van der Waals surface area contributed by atoms with E-state index in [2.05, 4.69) is 20.3 Å². The van der Waals surface area contributed by atoms with E-state index < -0.39 is 11.7 Å². The molecular formula is C25H22ClN5O4. The Morgan fingerprint density at radius 1 is 1.17 bits per heavy atom. The predicted molar refractivity (Wildman–Crippen MR) is 130 cm³/mol. The molecule has 2 aromatic carbocycles. The Morgan fingerprint density at radius 2 is 1.94 bits per heavy atom. The summed E-state index contributed by atoms with van der Waals surface area (Å²) in [6, 6.07) is 12.8. The van der Waals surface area contributed by atoms with Gasteiger partial charge in [-0.05, 0) is 31.0 Å². The van der Waals surface area contributed by atoms with Crippen molar-refractivity contribution in [2.45, 2.75) is 25.3 Å². The normalized spacial score (nSPS) is 17.9. The predicted octanol–water partition coefficient (Wildman–Crippen LogP) is 3.30. The Labute approximate surface area is 205 Å². The lowest BCUT2D eigenvalue weighted by molar-refractivity contribution is 0.0671. The Kier molecular flexibility index (Phi) is 6.08. The molecule has 0 radical (unpaired) electrons. The molecule has 2 amide bonds. The van der Waals surface area contributed by atoms with Gasteiger partial charge >= 0.3 is 5.76 Å². The van der Waals surface area contributed by atoms with Gasteiger partial charge in [-0.1, -0.05) is 41.9 Å². The number of nitrogens with zero attached hydrogens (tertiary/aromatic N) is 3. The standard InChI is InChI=1S/C25H22ClN5O4/c1-14-21(30-25(34)35-14)23(32)29-19-7-10-31(13-17(19)15-5-3-2-4-6-15)24(33)16-11-18(26)22-20(12-16)27-8-9-28-22/h2-6,8-9,11-12,17,19H,7,10,13H2,1H3,(H,29,32)(H,30,34)/t17-,19-/m1/s1. The second-order valence-electron chi connectivity index (χ2n) is 8.46. The minimum atomic E-state index is -0.675. The fourth-order valence-electron chi connectivity index (χ4n) is 4.55. The smallest absolute Gasteiger partial charge is 0.413 e. The van der Waals surface area contributed by atoms with Crippen molar-refractivity contribution in [2.75, 3.05) is 13.1 Å². The van der Waals surface area contributed by atoms with E-state index in [1.54, 1.807) is 36.4 Å². The lowest BCUT2D eigenvalue weighted by atomic mass is 9.85. The number of carbonyl (C=O) groups is 2. The van der Waals surface area contributed by atoms with E-state index in [1.807, 2.05) is 30.3 Å². The zero-order chi connectivity index (χ0) is 24.5. The third-order valence-electron chi connectivity index (χ3n) is 6.27. The SMILES string of the molecule is Cc1oc(=O)[nH]c1C(=O)N[C@@H]1CCN(C(=O)c2cc(Cl)c3nccnc3c2)C[C@@H]1c1ccccc1. The molecule has 2 atom stereocenters. The molecule has 35 heavy (non-hydrogen) atoms. The zero-order valence-electron chi connectivity index (χ0n) is 18.8. The quantitative estimate of drug-likeness (QED) is 0.452. The van der Waals surface area contributed by atoms with E-state index in [-0.39, 0.29) is 29.3 Å². The molecule has 1 aliphatic heterocycles. The van der Waals surface area contributed by atoms with Crippen molar-refractivity contribution in [2.24, 2.45) is 0 Å². The van der Waals surface area contributed by atoms with Gasteiger partial charge in [-0.3, -0.25) is 24.5 Å². The molecule has 178 valence electrons. The first-order chi connectivity index (χ1) is 16.9. The fraction of sp³-hybridized carbons (Fsp3) is 0.240. The highest BCUT2D eigenvalue weighted by Crippen LogP contribution is 2.30. The number of likely N-dealkylation sites (tertiary alicyclic amines) is 1. The fourth-order valence-corrected chi connectivity index (χ4v) is 4.81. The summed E-state index contributed by atoms with van der Waals surface area (Å²) in [5.41, 5.74) is 2.63. The number of oxazole rings is 1. The van der Waals surface area contributed by atoms with E-state index >= 15 is 0 Å². The van der Waals surface area contributed by atoms with Crippen LogP contribution in [0, 0.1) is 6.92 Å². The highest BCUT2D eigenvalue weighted by molar-refractivity contribution is 6.35. The molecule has 0 spiro atoms. The highest BCUT2D eigenvalue weighted by atomic mass is 35.5. The molecule has 1 fully saturated rings. The van der Waals surface area contributed by atoms with Gasteiger partial charge in [-0.2, -0.15) is 0 Å². The van der Waals surface area contributed by atoms with Gasteiger partial charge in [0.05, 0.1) is 10.5 Å². The molecule has 5 rings (SSSR count). The summed E-state index contributed by atoms with van der Waals surface area (Å²) in [6.45, 7) is 2.39. The summed E-state index contributed by atoms with van der Waals surface area (Å²) in [4.78, 5) is 50.5. The molecule has 4 aromatic rings. The number of aryl methyl sites for hydroxylation is 1. The van der Waals surface area contributed by atoms with Crippen LogP contribution in [0.4, 0.5) is 0 Å². The Morgan fingerprint density at radius 3 is 2.69 bits per heavy atom. The van der Waals surface area contributed by atoms with E-state index in [4.69, 9.17) is 16.0 Å². The van der Waals surface area contributed by atoms with E-state index in [0.29, 0.717) is 41.1 Å². The number of nitrogens with one attached hydrogen (secondary N) is 2. The molecular weight excluding hydrogens is 470 g/mol. The van der Waals surface area contributed by atoms with Crippen molar-refractivity contribution >= 4 is 34.4 Å². The molecule has 0 unspecified atom stereocenters. The maximum Gasteiger partial charge on any atom is 0.417 e. The second kappa shape index (κ2) is 9.34. The van der Waals surface area contributed by atoms with Crippen LogP contribution in [-0.2, 0) is 0 Å². The van der Waals surface area contributed by atoms with Crippen LogP contribution < -0.4 is 11.1 Å². The van der Waals surface area contributed by atoms with Crippen molar-refractivity contribution in [3.8, 4) is 0 Å². The topological polar surface area (TPSA) is 121 Å². The van der Waals surface area contributed by atoms with Crippen LogP contribution in [0.2, 0.25) is 5.02 Å². The number of piperidine rings is 1. The Bertz CT molecular complexity index is 1470. The molecule has 0 bridgehead atoms. The monoisotopic (exact) mass is 491 g/mol. The van der Waals surface area contributed by atoms with Gasteiger partial charge in [0.1, 0.15) is 17.0 Å². The number of aromatic amines is 1. The van der Waals surface area contributed by atoms with E-state index in [9.17, 15) is 14.4 Å². The number of fused-ring (bicyclic) bond motifs is 1. The summed E-state index contributed by atoms with van der Waals surface area (Å²) >= 11 is 6.37. The molecule has 3 heterocycles. The van der Waals surface area contributed by atoms with Crippen LogP contribution in [0.1, 0.15) is 44.5 Å². The van der Waals surface area contributed by atoms with Crippen LogP contribution in [-0.4, -0.2) is 50.8 Å². The van der Waals surface area contributed by atoms with Gasteiger partial charge in [0, 0.05) is 43.0 Å².